The summed E-state index contributed by atoms with van der Waals surface area (Å²) in [5, 5.41) is 7.44. The van der Waals surface area contributed by atoms with Crippen molar-refractivity contribution in [2.75, 3.05) is 6.54 Å². The minimum atomic E-state index is -0.127. The highest BCUT2D eigenvalue weighted by Crippen LogP contribution is 2.16. The van der Waals surface area contributed by atoms with Crippen LogP contribution in [0.3, 0.4) is 0 Å². The third-order valence-electron chi connectivity index (χ3n) is 2.60. The minimum Gasteiger partial charge on any atom is -0.489 e. The van der Waals surface area contributed by atoms with Gasteiger partial charge in [-0.1, -0.05) is 11.6 Å². The maximum absolute atomic E-state index is 11.7. The Hall–Kier alpha value is -2.01. The summed E-state index contributed by atoms with van der Waals surface area (Å²) in [7, 11) is 0. The second-order valence-corrected chi connectivity index (χ2v) is 4.83. The van der Waals surface area contributed by atoms with Gasteiger partial charge in [-0.3, -0.25) is 9.48 Å². The van der Waals surface area contributed by atoms with Crippen LogP contribution < -0.4 is 10.1 Å². The molecule has 1 aromatic carbocycles. The van der Waals surface area contributed by atoms with Gasteiger partial charge >= 0.3 is 0 Å². The van der Waals surface area contributed by atoms with Gasteiger partial charge in [0.1, 0.15) is 18.4 Å². The number of benzene rings is 1. The Morgan fingerprint density at radius 3 is 2.85 bits per heavy atom. The van der Waals surface area contributed by atoms with Crippen molar-refractivity contribution in [1.82, 2.24) is 15.1 Å². The third kappa shape index (κ3) is 4.59. The first-order chi connectivity index (χ1) is 9.63. The Morgan fingerprint density at radius 1 is 1.45 bits per heavy atom. The average Bonchev–Trinajstić information content (AvgIpc) is 2.92. The monoisotopic (exact) mass is 293 g/mol. The number of hydrogen-bond acceptors (Lipinski definition) is 3. The van der Waals surface area contributed by atoms with Crippen LogP contribution in [0, 0.1) is 0 Å². The molecule has 0 unspecified atom stereocenters. The van der Waals surface area contributed by atoms with Crippen LogP contribution in [-0.4, -0.2) is 28.3 Å². The summed E-state index contributed by atoms with van der Waals surface area (Å²) in [5.74, 6) is 0.628. The molecule has 0 saturated heterocycles. The number of carbonyl (C=O) groups excluding carboxylic acids is 1. The summed E-state index contributed by atoms with van der Waals surface area (Å²) in [6.45, 7) is 2.53. The summed E-state index contributed by atoms with van der Waals surface area (Å²) < 4.78 is 7.23. The summed E-state index contributed by atoms with van der Waals surface area (Å²) in [5.41, 5.74) is 0. The first-order valence-corrected chi connectivity index (χ1v) is 6.67. The molecule has 0 spiro atoms. The van der Waals surface area contributed by atoms with E-state index in [1.54, 1.807) is 47.4 Å². The van der Waals surface area contributed by atoms with Crippen molar-refractivity contribution in [3.8, 4) is 5.75 Å². The molecule has 0 saturated carbocycles. The van der Waals surface area contributed by atoms with E-state index in [1.165, 1.54) is 0 Å². The molecular formula is C14H16ClN3O2. The van der Waals surface area contributed by atoms with Crippen molar-refractivity contribution in [3.05, 3.63) is 47.7 Å². The SMILES string of the molecule is C[C@H](CNC(=O)Cn1cccn1)Oc1ccc(Cl)cc1. The first kappa shape index (κ1) is 14.4. The fourth-order valence-electron chi connectivity index (χ4n) is 1.64. The van der Waals surface area contributed by atoms with Crippen molar-refractivity contribution in [3.63, 3.8) is 0 Å². The van der Waals surface area contributed by atoms with Crippen LogP contribution in [0.4, 0.5) is 0 Å². The highest BCUT2D eigenvalue weighted by atomic mass is 35.5. The largest absolute Gasteiger partial charge is 0.489 e. The van der Waals surface area contributed by atoms with Crippen LogP contribution in [0.2, 0.25) is 5.02 Å². The maximum Gasteiger partial charge on any atom is 0.241 e. The van der Waals surface area contributed by atoms with Crippen molar-refractivity contribution < 1.29 is 9.53 Å². The van der Waals surface area contributed by atoms with Gasteiger partial charge in [0.15, 0.2) is 0 Å². The molecule has 2 rings (SSSR count). The fraction of sp³-hybridized carbons (Fsp3) is 0.286. The molecule has 1 atom stereocenters. The summed E-state index contributed by atoms with van der Waals surface area (Å²) in [4.78, 5) is 11.7. The van der Waals surface area contributed by atoms with Crippen LogP contribution in [0.15, 0.2) is 42.7 Å². The van der Waals surface area contributed by atoms with Crippen LogP contribution in [0.25, 0.3) is 0 Å². The van der Waals surface area contributed by atoms with E-state index >= 15 is 0 Å². The molecule has 1 aromatic heterocycles. The van der Waals surface area contributed by atoms with Gasteiger partial charge in [-0.05, 0) is 37.3 Å². The number of rotatable bonds is 6. The van der Waals surface area contributed by atoms with E-state index in [4.69, 9.17) is 16.3 Å². The molecule has 0 fully saturated rings. The standard InChI is InChI=1S/C14H16ClN3O2/c1-11(20-13-5-3-12(15)4-6-13)9-16-14(19)10-18-8-2-7-17-18/h2-8,11H,9-10H2,1H3,(H,16,19)/t11-/m1/s1. The van der Waals surface area contributed by atoms with Crippen LogP contribution in [0.5, 0.6) is 5.75 Å². The van der Waals surface area contributed by atoms with Gasteiger partial charge < -0.3 is 10.1 Å². The van der Waals surface area contributed by atoms with E-state index in [9.17, 15) is 4.79 Å². The van der Waals surface area contributed by atoms with Gasteiger partial charge in [-0.15, -0.1) is 0 Å². The number of hydrogen-bond donors (Lipinski definition) is 1. The number of nitrogens with one attached hydrogen (secondary N) is 1. The Morgan fingerprint density at radius 2 is 2.20 bits per heavy atom. The van der Waals surface area contributed by atoms with E-state index < -0.39 is 0 Å². The number of halogens is 1. The van der Waals surface area contributed by atoms with Crippen LogP contribution in [-0.2, 0) is 11.3 Å². The number of amides is 1. The predicted molar refractivity (Wildman–Crippen MR) is 76.8 cm³/mol. The van der Waals surface area contributed by atoms with Gasteiger partial charge in [0.05, 0.1) is 6.54 Å². The second kappa shape index (κ2) is 6.96. The highest BCUT2D eigenvalue weighted by Gasteiger charge is 2.07. The molecule has 106 valence electrons. The zero-order chi connectivity index (χ0) is 14.4. The predicted octanol–water partition coefficient (Wildman–Crippen LogP) is 2.12. The lowest BCUT2D eigenvalue weighted by Gasteiger charge is -2.15. The molecule has 5 nitrogen and oxygen atoms in total. The maximum atomic E-state index is 11.7. The summed E-state index contributed by atoms with van der Waals surface area (Å²) in [6.07, 6.45) is 3.25. The summed E-state index contributed by atoms with van der Waals surface area (Å²) in [6, 6.07) is 8.90. The van der Waals surface area contributed by atoms with Gasteiger partial charge in [0.25, 0.3) is 0 Å². The van der Waals surface area contributed by atoms with Crippen molar-refractivity contribution in [2.45, 2.75) is 19.6 Å². The normalized spacial score (nSPS) is 11.9. The first-order valence-electron chi connectivity index (χ1n) is 6.30. The molecule has 1 N–H and O–H groups in total. The topological polar surface area (TPSA) is 56.2 Å². The Bertz CT molecular complexity index is 540. The van der Waals surface area contributed by atoms with E-state index in [1.807, 2.05) is 6.92 Å². The van der Waals surface area contributed by atoms with E-state index in [2.05, 4.69) is 10.4 Å². The quantitative estimate of drug-likeness (QED) is 0.887. The molecule has 1 amide bonds. The highest BCUT2D eigenvalue weighted by molar-refractivity contribution is 6.30. The molecule has 0 radical (unpaired) electrons. The molecule has 2 aromatic rings. The minimum absolute atomic E-state index is 0.0970. The summed E-state index contributed by atoms with van der Waals surface area (Å²) >= 11 is 5.80. The van der Waals surface area contributed by atoms with Gasteiger partial charge in [0, 0.05) is 17.4 Å². The zero-order valence-corrected chi connectivity index (χ0v) is 11.9. The lowest BCUT2D eigenvalue weighted by atomic mass is 10.3. The number of nitrogens with zero attached hydrogens (tertiary/aromatic N) is 2. The molecule has 1 heterocycles. The molecule has 20 heavy (non-hydrogen) atoms. The van der Waals surface area contributed by atoms with Gasteiger partial charge in [-0.2, -0.15) is 5.10 Å². The molecule has 0 bridgehead atoms. The lowest BCUT2D eigenvalue weighted by Crippen LogP contribution is -2.35. The van der Waals surface area contributed by atoms with Crippen molar-refractivity contribution in [2.24, 2.45) is 0 Å². The smallest absolute Gasteiger partial charge is 0.241 e. The van der Waals surface area contributed by atoms with E-state index in [0.29, 0.717) is 11.6 Å². The number of aromatic nitrogens is 2. The molecule has 6 heteroatoms. The van der Waals surface area contributed by atoms with Crippen LogP contribution >= 0.6 is 11.6 Å². The molecule has 0 aliphatic rings. The van der Waals surface area contributed by atoms with Gasteiger partial charge in [0.2, 0.25) is 5.91 Å². The van der Waals surface area contributed by atoms with Gasteiger partial charge in [-0.25, -0.2) is 0 Å². The Balaban J connectivity index is 1.73. The fourth-order valence-corrected chi connectivity index (χ4v) is 1.77. The Kier molecular flexibility index (Phi) is 5.01. The van der Waals surface area contributed by atoms with E-state index in [-0.39, 0.29) is 18.6 Å². The molecule has 0 aliphatic heterocycles. The molecule has 0 aliphatic carbocycles. The van der Waals surface area contributed by atoms with Crippen molar-refractivity contribution >= 4 is 17.5 Å². The number of ether oxygens (including phenoxy) is 1. The Labute approximate surface area is 122 Å². The molecular weight excluding hydrogens is 278 g/mol. The van der Waals surface area contributed by atoms with Crippen molar-refractivity contribution in [1.29, 1.82) is 0 Å². The number of carbonyl (C=O) groups is 1. The average molecular weight is 294 g/mol. The lowest BCUT2D eigenvalue weighted by molar-refractivity contribution is -0.122. The van der Waals surface area contributed by atoms with Crippen LogP contribution in [0.1, 0.15) is 6.92 Å². The third-order valence-corrected chi connectivity index (χ3v) is 2.85. The zero-order valence-electron chi connectivity index (χ0n) is 11.1. The van der Waals surface area contributed by atoms with E-state index in [0.717, 1.165) is 5.75 Å². The second-order valence-electron chi connectivity index (χ2n) is 4.39.